The van der Waals surface area contributed by atoms with E-state index in [-0.39, 0.29) is 5.95 Å². The maximum Gasteiger partial charge on any atom is 0.223 e. The van der Waals surface area contributed by atoms with E-state index in [1.165, 1.54) is 0 Å². The molecule has 2 N–H and O–H groups in total. The predicted molar refractivity (Wildman–Crippen MR) is 53.3 cm³/mol. The molecule has 66 valence electrons. The fourth-order valence-electron chi connectivity index (χ4n) is 1.16. The Hall–Kier alpha value is -1.55. The van der Waals surface area contributed by atoms with Crippen molar-refractivity contribution in [3.05, 3.63) is 24.0 Å². The SMILES string of the molecule is C=Cn1ccc2c(Cl)nc(N)nc21. The molecule has 0 spiro atoms. The first-order chi connectivity index (χ1) is 6.22. The minimum Gasteiger partial charge on any atom is -0.368 e. The summed E-state index contributed by atoms with van der Waals surface area (Å²) in [6.45, 7) is 3.63. The van der Waals surface area contributed by atoms with E-state index in [0.29, 0.717) is 10.8 Å². The van der Waals surface area contributed by atoms with E-state index >= 15 is 0 Å². The average molecular weight is 195 g/mol. The summed E-state index contributed by atoms with van der Waals surface area (Å²) < 4.78 is 1.74. The van der Waals surface area contributed by atoms with Gasteiger partial charge in [-0.3, -0.25) is 0 Å². The van der Waals surface area contributed by atoms with Crippen LogP contribution in [0, 0.1) is 0 Å². The zero-order valence-corrected chi connectivity index (χ0v) is 7.49. The Kier molecular flexibility index (Phi) is 1.70. The second-order valence-electron chi connectivity index (χ2n) is 2.52. The van der Waals surface area contributed by atoms with E-state index in [1.807, 2.05) is 6.07 Å². The summed E-state index contributed by atoms with van der Waals surface area (Å²) in [4.78, 5) is 7.88. The number of hydrogen-bond acceptors (Lipinski definition) is 3. The lowest BCUT2D eigenvalue weighted by Gasteiger charge is -1.98. The summed E-state index contributed by atoms with van der Waals surface area (Å²) in [6, 6.07) is 1.82. The van der Waals surface area contributed by atoms with Crippen LogP contribution in [0.15, 0.2) is 18.8 Å². The third-order valence-electron chi connectivity index (χ3n) is 1.74. The van der Waals surface area contributed by atoms with Crippen LogP contribution >= 0.6 is 11.6 Å². The molecule has 0 fully saturated rings. The highest BCUT2D eigenvalue weighted by atomic mass is 35.5. The van der Waals surface area contributed by atoms with Gasteiger partial charge in [-0.05, 0) is 6.07 Å². The van der Waals surface area contributed by atoms with Crippen LogP contribution in [0.3, 0.4) is 0 Å². The fourth-order valence-corrected chi connectivity index (χ4v) is 1.39. The molecule has 2 heterocycles. The molecule has 0 unspecified atom stereocenters. The molecule has 0 saturated heterocycles. The molecule has 0 aliphatic heterocycles. The standard InChI is InChI=1S/C8H7ClN4/c1-2-13-4-3-5-6(9)11-8(10)12-7(5)13/h2-4H,1H2,(H2,10,11,12). The molecule has 0 radical (unpaired) electrons. The number of fused-ring (bicyclic) bond motifs is 1. The second-order valence-corrected chi connectivity index (χ2v) is 2.87. The van der Waals surface area contributed by atoms with Gasteiger partial charge in [0.2, 0.25) is 5.95 Å². The normalized spacial score (nSPS) is 10.5. The summed E-state index contributed by atoms with van der Waals surface area (Å²) in [6.07, 6.45) is 3.43. The van der Waals surface area contributed by atoms with Gasteiger partial charge in [0.05, 0.1) is 5.39 Å². The van der Waals surface area contributed by atoms with Crippen molar-refractivity contribution in [2.24, 2.45) is 0 Å². The van der Waals surface area contributed by atoms with Crippen molar-refractivity contribution in [3.8, 4) is 0 Å². The quantitative estimate of drug-likeness (QED) is 0.704. The lowest BCUT2D eigenvalue weighted by molar-refractivity contribution is 1.15. The highest BCUT2D eigenvalue weighted by Crippen LogP contribution is 2.21. The second kappa shape index (κ2) is 2.74. The monoisotopic (exact) mass is 194 g/mol. The molecule has 0 aliphatic carbocycles. The predicted octanol–water partition coefficient (Wildman–Crippen LogP) is 1.77. The van der Waals surface area contributed by atoms with Crippen LogP contribution in [0.25, 0.3) is 17.2 Å². The molecule has 0 aromatic carbocycles. The minimum absolute atomic E-state index is 0.166. The van der Waals surface area contributed by atoms with Gasteiger partial charge >= 0.3 is 0 Å². The third kappa shape index (κ3) is 1.15. The van der Waals surface area contributed by atoms with Gasteiger partial charge in [0.1, 0.15) is 5.15 Å². The van der Waals surface area contributed by atoms with Crippen molar-refractivity contribution in [1.29, 1.82) is 0 Å². The number of nitrogen functional groups attached to an aromatic ring is 1. The molecular weight excluding hydrogens is 188 g/mol. The largest absolute Gasteiger partial charge is 0.368 e. The highest BCUT2D eigenvalue weighted by molar-refractivity contribution is 6.34. The van der Waals surface area contributed by atoms with Gasteiger partial charge in [0.15, 0.2) is 5.65 Å². The molecule has 0 saturated carbocycles. The molecule has 13 heavy (non-hydrogen) atoms. The number of aromatic nitrogens is 3. The molecule has 0 aliphatic rings. The van der Waals surface area contributed by atoms with Gasteiger partial charge < -0.3 is 10.3 Å². The number of nitrogens with zero attached hydrogens (tertiary/aromatic N) is 3. The van der Waals surface area contributed by atoms with Crippen molar-refractivity contribution in [1.82, 2.24) is 14.5 Å². The number of nitrogens with two attached hydrogens (primary N) is 1. The zero-order chi connectivity index (χ0) is 9.42. The van der Waals surface area contributed by atoms with Crippen molar-refractivity contribution in [3.63, 3.8) is 0 Å². The van der Waals surface area contributed by atoms with Gasteiger partial charge in [-0.15, -0.1) is 0 Å². The van der Waals surface area contributed by atoms with E-state index in [9.17, 15) is 0 Å². The lowest BCUT2D eigenvalue weighted by Crippen LogP contribution is -1.96. The van der Waals surface area contributed by atoms with Gasteiger partial charge in [-0.1, -0.05) is 18.2 Å². The molecule has 5 heteroatoms. The van der Waals surface area contributed by atoms with Crippen LogP contribution < -0.4 is 5.73 Å². The van der Waals surface area contributed by atoms with Crippen LogP contribution in [0.5, 0.6) is 0 Å². The van der Waals surface area contributed by atoms with Crippen LogP contribution in [-0.4, -0.2) is 14.5 Å². The Morgan fingerprint density at radius 1 is 1.54 bits per heavy atom. The lowest BCUT2D eigenvalue weighted by atomic mass is 10.4. The van der Waals surface area contributed by atoms with Crippen LogP contribution in [0.2, 0.25) is 5.15 Å². The van der Waals surface area contributed by atoms with Crippen LogP contribution in [-0.2, 0) is 0 Å². The maximum atomic E-state index is 5.85. The maximum absolute atomic E-state index is 5.85. The Balaban J connectivity index is 2.89. The summed E-state index contributed by atoms with van der Waals surface area (Å²) in [5.41, 5.74) is 6.13. The first kappa shape index (κ1) is 8.07. The first-order valence-electron chi connectivity index (χ1n) is 3.64. The Morgan fingerprint density at radius 2 is 2.31 bits per heavy atom. The van der Waals surface area contributed by atoms with E-state index in [0.717, 1.165) is 5.39 Å². The van der Waals surface area contributed by atoms with Gasteiger partial charge in [0.25, 0.3) is 0 Å². The van der Waals surface area contributed by atoms with Crippen LogP contribution in [0.1, 0.15) is 0 Å². The summed E-state index contributed by atoms with van der Waals surface area (Å²) >= 11 is 5.85. The van der Waals surface area contributed by atoms with Crippen molar-refractivity contribution in [2.75, 3.05) is 5.73 Å². The number of halogens is 1. The summed E-state index contributed by atoms with van der Waals surface area (Å²) in [5.74, 6) is 0.166. The Labute approximate surface area is 79.7 Å². The van der Waals surface area contributed by atoms with E-state index in [4.69, 9.17) is 17.3 Å². The molecule has 0 bridgehead atoms. The smallest absolute Gasteiger partial charge is 0.223 e. The van der Waals surface area contributed by atoms with E-state index in [1.54, 1.807) is 17.0 Å². The van der Waals surface area contributed by atoms with Crippen LogP contribution in [0.4, 0.5) is 5.95 Å². The van der Waals surface area contributed by atoms with Gasteiger partial charge in [0, 0.05) is 12.4 Å². The topological polar surface area (TPSA) is 56.7 Å². The minimum atomic E-state index is 0.166. The zero-order valence-electron chi connectivity index (χ0n) is 6.74. The van der Waals surface area contributed by atoms with Crippen molar-refractivity contribution >= 4 is 34.8 Å². The van der Waals surface area contributed by atoms with E-state index < -0.39 is 0 Å². The Bertz CT molecular complexity index is 474. The molecule has 0 amide bonds. The first-order valence-corrected chi connectivity index (χ1v) is 4.02. The fraction of sp³-hybridized carbons (Fsp3) is 0. The number of rotatable bonds is 1. The van der Waals surface area contributed by atoms with Gasteiger partial charge in [-0.25, -0.2) is 4.98 Å². The molecule has 2 rings (SSSR count). The van der Waals surface area contributed by atoms with Crippen molar-refractivity contribution in [2.45, 2.75) is 0 Å². The highest BCUT2D eigenvalue weighted by Gasteiger charge is 2.06. The summed E-state index contributed by atoms with van der Waals surface area (Å²) in [5, 5.41) is 1.14. The molecule has 2 aromatic rings. The number of anilines is 1. The number of hydrogen-bond donors (Lipinski definition) is 1. The molecular formula is C8H7ClN4. The molecule has 0 atom stereocenters. The van der Waals surface area contributed by atoms with Crippen molar-refractivity contribution < 1.29 is 0 Å². The molecule has 4 nitrogen and oxygen atoms in total. The molecule has 2 aromatic heterocycles. The third-order valence-corrected chi connectivity index (χ3v) is 2.03. The summed E-state index contributed by atoms with van der Waals surface area (Å²) in [7, 11) is 0. The Morgan fingerprint density at radius 3 is 3.00 bits per heavy atom. The van der Waals surface area contributed by atoms with Gasteiger partial charge in [-0.2, -0.15) is 4.98 Å². The van der Waals surface area contributed by atoms with E-state index in [2.05, 4.69) is 16.5 Å². The average Bonchev–Trinajstić information content (AvgIpc) is 2.47.